The Bertz CT molecular complexity index is 1830. The Morgan fingerprint density at radius 1 is 0.588 bits per heavy atom. The van der Waals surface area contributed by atoms with Crippen molar-refractivity contribution in [2.75, 3.05) is 19.8 Å². The lowest BCUT2D eigenvalue weighted by Crippen LogP contribution is -2.42. The number of carboxylic acids is 1. The van der Waals surface area contributed by atoms with Crippen molar-refractivity contribution in [3.63, 3.8) is 0 Å². The quantitative estimate of drug-likeness (QED) is 0.143. The van der Waals surface area contributed by atoms with E-state index < -0.39 is 30.2 Å². The van der Waals surface area contributed by atoms with Crippen LogP contribution in [0.2, 0.25) is 0 Å². The molecule has 4 N–H and O–H groups in total. The van der Waals surface area contributed by atoms with Gasteiger partial charge in [-0.25, -0.2) is 14.4 Å². The number of amides is 2. The van der Waals surface area contributed by atoms with Gasteiger partial charge in [-0.1, -0.05) is 97.1 Å². The number of nitrogens with one attached hydrogen (secondary N) is 2. The van der Waals surface area contributed by atoms with Gasteiger partial charge in [0.2, 0.25) is 0 Å². The summed E-state index contributed by atoms with van der Waals surface area (Å²) in [5.41, 5.74) is 8.96. The van der Waals surface area contributed by atoms with Crippen LogP contribution in [0.5, 0.6) is 0 Å². The molecule has 2 aliphatic rings. The van der Waals surface area contributed by atoms with Gasteiger partial charge in [-0.3, -0.25) is 9.59 Å². The summed E-state index contributed by atoms with van der Waals surface area (Å²) in [5.74, 6) is -1.81. The van der Waals surface area contributed by atoms with Crippen LogP contribution in [-0.4, -0.2) is 71.8 Å². The number of benzene rings is 4. The highest BCUT2D eigenvalue weighted by atomic mass is 16.6. The Morgan fingerprint density at radius 3 is 1.27 bits per heavy atom. The number of alkyl carbamates (subject to hydrolysis) is 2. The van der Waals surface area contributed by atoms with Gasteiger partial charge >= 0.3 is 18.2 Å². The number of aliphatic hydroxyl groups is 1. The van der Waals surface area contributed by atoms with E-state index in [9.17, 15) is 29.1 Å². The summed E-state index contributed by atoms with van der Waals surface area (Å²) in [6.45, 7) is 2.69. The maximum Gasteiger partial charge on any atom is 0.407 e. The van der Waals surface area contributed by atoms with E-state index in [-0.39, 0.29) is 56.1 Å². The molecule has 0 saturated carbocycles. The van der Waals surface area contributed by atoms with E-state index >= 15 is 0 Å². The Hall–Kier alpha value is -5.81. The van der Waals surface area contributed by atoms with Gasteiger partial charge in [0.15, 0.2) is 0 Å². The van der Waals surface area contributed by atoms with Crippen molar-refractivity contribution in [2.45, 2.75) is 50.6 Å². The summed E-state index contributed by atoms with van der Waals surface area (Å²) in [6, 6.07) is 30.1. The number of aliphatic carboxylic acids is 1. The Morgan fingerprint density at radius 2 is 0.941 bits per heavy atom. The fourth-order valence-electron chi connectivity index (χ4n) is 6.58. The second kappa shape index (κ2) is 16.7. The standard InChI is InChI=1S/C20H19NO5.C20H21NO4/c1-12(22)10-18(19(23)24)21-20(25)26-11-17-15-8-4-2-6-13(15)14-7-3-5-9-16(14)17;1-13(23)10-14(11-22)21-20(24)25-12-19-17-8-4-2-6-15(17)16-7-3-5-9-18(16)19/h2-9,17-18H,10-11H2,1H3,(H,21,25)(H,23,24);2-9,14,19,22H,10-12H2,1H3,(H,21,24). The van der Waals surface area contributed by atoms with Crippen LogP contribution in [-0.2, 0) is 23.9 Å². The summed E-state index contributed by atoms with van der Waals surface area (Å²) >= 11 is 0. The number of ketones is 2. The molecule has 0 saturated heterocycles. The highest BCUT2D eigenvalue weighted by Crippen LogP contribution is 2.45. The fraction of sp³-hybridized carbons (Fsp3) is 0.275. The molecule has 51 heavy (non-hydrogen) atoms. The third-order valence-corrected chi connectivity index (χ3v) is 8.85. The highest BCUT2D eigenvalue weighted by Gasteiger charge is 2.31. The maximum absolute atomic E-state index is 12.0. The first-order valence-electron chi connectivity index (χ1n) is 16.6. The van der Waals surface area contributed by atoms with Crippen molar-refractivity contribution in [3.8, 4) is 22.3 Å². The minimum Gasteiger partial charge on any atom is -0.480 e. The lowest BCUT2D eigenvalue weighted by molar-refractivity contribution is -0.141. The molecule has 4 aromatic carbocycles. The number of hydrogen-bond donors (Lipinski definition) is 4. The SMILES string of the molecule is CC(=O)CC(CO)NC(=O)OCC1c2ccccc2-c2ccccc21.CC(=O)CC(NC(=O)OCC1c2ccccc2-c2ccccc21)C(=O)O. The van der Waals surface area contributed by atoms with Crippen LogP contribution in [0.25, 0.3) is 22.3 Å². The number of carbonyl (C=O) groups excluding carboxylic acids is 4. The third kappa shape index (κ3) is 8.87. The predicted molar refractivity (Wildman–Crippen MR) is 189 cm³/mol. The van der Waals surface area contributed by atoms with Crippen molar-refractivity contribution in [3.05, 3.63) is 119 Å². The van der Waals surface area contributed by atoms with E-state index in [1.165, 1.54) is 13.8 Å². The topological polar surface area (TPSA) is 168 Å². The fourth-order valence-corrected chi connectivity index (χ4v) is 6.58. The molecule has 0 spiro atoms. The molecule has 11 nitrogen and oxygen atoms in total. The number of Topliss-reactive ketones (excluding diaryl/α,β-unsaturated/α-hetero) is 2. The number of ether oxygens (including phenoxy) is 2. The average Bonchev–Trinajstić information content (AvgIpc) is 3.61. The van der Waals surface area contributed by atoms with Crippen molar-refractivity contribution in [1.82, 2.24) is 10.6 Å². The largest absolute Gasteiger partial charge is 0.480 e. The molecular formula is C40H40N2O9. The second-order valence-electron chi connectivity index (χ2n) is 12.5. The first-order chi connectivity index (χ1) is 24.6. The van der Waals surface area contributed by atoms with Crippen LogP contribution in [0, 0.1) is 0 Å². The highest BCUT2D eigenvalue weighted by molar-refractivity contribution is 5.87. The Balaban J connectivity index is 0.000000198. The van der Waals surface area contributed by atoms with Crippen molar-refractivity contribution in [1.29, 1.82) is 0 Å². The average molecular weight is 693 g/mol. The first kappa shape index (κ1) is 36.5. The van der Waals surface area contributed by atoms with Gasteiger partial charge in [0.25, 0.3) is 0 Å². The molecule has 0 aliphatic heterocycles. The van der Waals surface area contributed by atoms with E-state index in [1.807, 2.05) is 84.9 Å². The normalized spacial score (nSPS) is 13.5. The molecule has 6 rings (SSSR count). The molecule has 0 aromatic heterocycles. The van der Waals surface area contributed by atoms with Crippen LogP contribution >= 0.6 is 0 Å². The van der Waals surface area contributed by atoms with Crippen LogP contribution < -0.4 is 10.6 Å². The van der Waals surface area contributed by atoms with Gasteiger partial charge in [-0.05, 0) is 58.4 Å². The van der Waals surface area contributed by atoms with Crippen LogP contribution in [0.4, 0.5) is 9.59 Å². The maximum atomic E-state index is 12.0. The number of fused-ring (bicyclic) bond motifs is 6. The lowest BCUT2D eigenvalue weighted by atomic mass is 9.98. The number of hydrogen-bond acceptors (Lipinski definition) is 8. The molecule has 2 atom stereocenters. The van der Waals surface area contributed by atoms with E-state index in [2.05, 4.69) is 22.8 Å². The van der Waals surface area contributed by atoms with Gasteiger partial charge in [-0.15, -0.1) is 0 Å². The molecule has 264 valence electrons. The lowest BCUT2D eigenvalue weighted by Gasteiger charge is -2.17. The van der Waals surface area contributed by atoms with Gasteiger partial charge in [-0.2, -0.15) is 0 Å². The first-order valence-corrected chi connectivity index (χ1v) is 16.6. The predicted octanol–water partition coefficient (Wildman–Crippen LogP) is 5.82. The third-order valence-electron chi connectivity index (χ3n) is 8.85. The van der Waals surface area contributed by atoms with E-state index in [4.69, 9.17) is 14.6 Å². The smallest absolute Gasteiger partial charge is 0.407 e. The van der Waals surface area contributed by atoms with Gasteiger partial charge in [0.1, 0.15) is 30.8 Å². The van der Waals surface area contributed by atoms with Crippen molar-refractivity contribution >= 4 is 29.7 Å². The zero-order chi connectivity index (χ0) is 36.5. The van der Waals surface area contributed by atoms with Crippen molar-refractivity contribution < 1.29 is 43.7 Å². The summed E-state index contributed by atoms with van der Waals surface area (Å²) in [7, 11) is 0. The number of carboxylic acid groups (broad SMARTS) is 1. The Labute approximate surface area is 295 Å². The summed E-state index contributed by atoms with van der Waals surface area (Å²) in [4.78, 5) is 57.4. The molecule has 0 heterocycles. The van der Waals surface area contributed by atoms with E-state index in [0.717, 1.165) is 44.5 Å². The minimum atomic E-state index is -1.29. The summed E-state index contributed by atoms with van der Waals surface area (Å²) in [6.07, 6.45) is -1.66. The van der Waals surface area contributed by atoms with Crippen LogP contribution in [0.3, 0.4) is 0 Å². The van der Waals surface area contributed by atoms with Crippen LogP contribution in [0.1, 0.15) is 60.8 Å². The van der Waals surface area contributed by atoms with E-state index in [0.29, 0.717) is 0 Å². The van der Waals surface area contributed by atoms with Gasteiger partial charge in [0, 0.05) is 24.7 Å². The molecule has 2 amide bonds. The molecule has 0 bridgehead atoms. The van der Waals surface area contributed by atoms with Gasteiger partial charge in [0.05, 0.1) is 12.6 Å². The number of aliphatic hydroxyl groups excluding tert-OH is 1. The van der Waals surface area contributed by atoms with Crippen molar-refractivity contribution in [2.24, 2.45) is 0 Å². The molecule has 4 aromatic rings. The molecule has 0 fully saturated rings. The minimum absolute atomic E-state index is 0.0152. The second-order valence-corrected chi connectivity index (χ2v) is 12.5. The van der Waals surface area contributed by atoms with E-state index in [1.54, 1.807) is 0 Å². The molecule has 0 radical (unpaired) electrons. The molecule has 2 unspecified atom stereocenters. The summed E-state index contributed by atoms with van der Waals surface area (Å²) < 4.78 is 10.7. The summed E-state index contributed by atoms with van der Waals surface area (Å²) in [5, 5.41) is 23.1. The molecular weight excluding hydrogens is 652 g/mol. The van der Waals surface area contributed by atoms with Gasteiger partial charge < -0.3 is 30.3 Å². The molecule has 11 heteroatoms. The van der Waals surface area contributed by atoms with Crippen LogP contribution in [0.15, 0.2) is 97.1 Å². The Kier molecular flexibility index (Phi) is 12.0. The number of carbonyl (C=O) groups is 5. The zero-order valence-electron chi connectivity index (χ0n) is 28.3. The monoisotopic (exact) mass is 692 g/mol. The molecule has 2 aliphatic carbocycles. The zero-order valence-corrected chi connectivity index (χ0v) is 28.3. The number of rotatable bonds is 12.